The SMILES string of the molecule is C[C@@H](NC(=O)OCc1ccccc1)[C@H](CO[Si](c1ccccc1)(c1ccccc1)C(C)(C)C)NC(=O)OC(C)(C)C. The van der Waals surface area contributed by atoms with Crippen LogP contribution in [0.4, 0.5) is 9.59 Å². The average molecular weight is 577 g/mol. The van der Waals surface area contributed by atoms with Gasteiger partial charge in [0.25, 0.3) is 8.32 Å². The first-order valence-corrected chi connectivity index (χ1v) is 15.9. The number of ether oxygens (including phenoxy) is 2. The fourth-order valence-corrected chi connectivity index (χ4v) is 9.38. The van der Waals surface area contributed by atoms with Crippen LogP contribution in [-0.2, 0) is 20.5 Å². The van der Waals surface area contributed by atoms with Crippen molar-refractivity contribution in [2.45, 2.75) is 77.8 Å². The lowest BCUT2D eigenvalue weighted by Crippen LogP contribution is -2.68. The Hall–Kier alpha value is -3.62. The second kappa shape index (κ2) is 13.8. The number of rotatable bonds is 10. The lowest BCUT2D eigenvalue weighted by atomic mass is 10.1. The molecular weight excluding hydrogens is 532 g/mol. The van der Waals surface area contributed by atoms with Crippen LogP contribution in [0, 0.1) is 0 Å². The van der Waals surface area contributed by atoms with Crippen LogP contribution in [0.3, 0.4) is 0 Å². The highest BCUT2D eigenvalue weighted by molar-refractivity contribution is 6.99. The van der Waals surface area contributed by atoms with Gasteiger partial charge in [-0.15, -0.1) is 0 Å². The van der Waals surface area contributed by atoms with Gasteiger partial charge >= 0.3 is 12.2 Å². The monoisotopic (exact) mass is 576 g/mol. The fourth-order valence-electron chi connectivity index (χ4n) is 4.80. The van der Waals surface area contributed by atoms with Gasteiger partial charge in [0.15, 0.2) is 0 Å². The molecule has 0 saturated heterocycles. The van der Waals surface area contributed by atoms with Crippen LogP contribution in [-0.4, -0.2) is 44.8 Å². The lowest BCUT2D eigenvalue weighted by Gasteiger charge is -2.44. The molecule has 7 nitrogen and oxygen atoms in total. The molecule has 0 radical (unpaired) electrons. The van der Waals surface area contributed by atoms with Crippen molar-refractivity contribution in [2.24, 2.45) is 0 Å². The predicted molar refractivity (Wildman–Crippen MR) is 166 cm³/mol. The highest BCUT2D eigenvalue weighted by Crippen LogP contribution is 2.36. The van der Waals surface area contributed by atoms with E-state index in [1.165, 1.54) is 0 Å². The summed E-state index contributed by atoms with van der Waals surface area (Å²) < 4.78 is 18.1. The summed E-state index contributed by atoms with van der Waals surface area (Å²) in [5.41, 5.74) is 0.201. The van der Waals surface area contributed by atoms with Gasteiger partial charge in [-0.3, -0.25) is 0 Å². The summed E-state index contributed by atoms with van der Waals surface area (Å²) >= 11 is 0. The van der Waals surface area contributed by atoms with E-state index in [1.54, 1.807) is 0 Å². The fraction of sp³-hybridized carbons (Fsp3) is 0.394. The van der Waals surface area contributed by atoms with E-state index < -0.39 is 38.2 Å². The molecule has 8 heteroatoms. The number of hydrogen-bond acceptors (Lipinski definition) is 5. The largest absolute Gasteiger partial charge is 0.445 e. The van der Waals surface area contributed by atoms with Crippen molar-refractivity contribution in [3.63, 3.8) is 0 Å². The molecule has 0 bridgehead atoms. The molecule has 2 atom stereocenters. The summed E-state index contributed by atoms with van der Waals surface area (Å²) in [5.74, 6) is 0. The Morgan fingerprint density at radius 3 is 1.68 bits per heavy atom. The van der Waals surface area contributed by atoms with Crippen LogP contribution >= 0.6 is 0 Å². The Labute approximate surface area is 245 Å². The van der Waals surface area contributed by atoms with E-state index in [-0.39, 0.29) is 18.3 Å². The third-order valence-electron chi connectivity index (χ3n) is 6.76. The van der Waals surface area contributed by atoms with Crippen LogP contribution in [0.1, 0.15) is 54.0 Å². The van der Waals surface area contributed by atoms with E-state index in [4.69, 9.17) is 13.9 Å². The quantitative estimate of drug-likeness (QED) is 0.299. The molecule has 0 aromatic heterocycles. The van der Waals surface area contributed by atoms with Gasteiger partial charge in [0.2, 0.25) is 0 Å². The zero-order chi connectivity index (χ0) is 30.1. The van der Waals surface area contributed by atoms with E-state index in [1.807, 2.05) is 94.4 Å². The van der Waals surface area contributed by atoms with Crippen molar-refractivity contribution in [3.8, 4) is 0 Å². The molecule has 2 N–H and O–H groups in total. The van der Waals surface area contributed by atoms with Crippen molar-refractivity contribution in [3.05, 3.63) is 96.6 Å². The molecule has 0 aliphatic carbocycles. The number of carbonyl (C=O) groups is 2. The van der Waals surface area contributed by atoms with Gasteiger partial charge in [-0.1, -0.05) is 112 Å². The van der Waals surface area contributed by atoms with Crippen LogP contribution in [0.15, 0.2) is 91.0 Å². The first-order valence-electron chi connectivity index (χ1n) is 14.0. The summed E-state index contributed by atoms with van der Waals surface area (Å²) in [6.45, 7) is 14.1. The van der Waals surface area contributed by atoms with E-state index in [9.17, 15) is 9.59 Å². The number of alkyl carbamates (subject to hydrolysis) is 2. The van der Waals surface area contributed by atoms with Crippen LogP contribution in [0.25, 0.3) is 0 Å². The minimum absolute atomic E-state index is 0.141. The minimum Gasteiger partial charge on any atom is -0.445 e. The van der Waals surface area contributed by atoms with Gasteiger partial charge in [0.1, 0.15) is 12.2 Å². The van der Waals surface area contributed by atoms with Gasteiger partial charge in [-0.2, -0.15) is 0 Å². The Kier molecular flexibility index (Phi) is 10.8. The maximum absolute atomic E-state index is 12.9. The van der Waals surface area contributed by atoms with Gasteiger partial charge in [-0.25, -0.2) is 9.59 Å². The molecule has 0 fully saturated rings. The third-order valence-corrected chi connectivity index (χ3v) is 11.8. The highest BCUT2D eigenvalue weighted by atomic mass is 28.4. The second-order valence-electron chi connectivity index (χ2n) is 12.2. The maximum atomic E-state index is 12.9. The van der Waals surface area contributed by atoms with E-state index in [0.29, 0.717) is 0 Å². The highest BCUT2D eigenvalue weighted by Gasteiger charge is 2.50. The number of nitrogens with one attached hydrogen (secondary N) is 2. The molecule has 3 aromatic carbocycles. The topological polar surface area (TPSA) is 85.9 Å². The molecule has 0 spiro atoms. The van der Waals surface area contributed by atoms with Crippen molar-refractivity contribution in [2.75, 3.05) is 6.61 Å². The van der Waals surface area contributed by atoms with Gasteiger partial charge in [0.05, 0.1) is 18.7 Å². The van der Waals surface area contributed by atoms with Crippen LogP contribution < -0.4 is 21.0 Å². The van der Waals surface area contributed by atoms with Gasteiger partial charge < -0.3 is 24.5 Å². The number of carbonyl (C=O) groups excluding carboxylic acids is 2. The van der Waals surface area contributed by atoms with Gasteiger partial charge in [0, 0.05) is 0 Å². The Morgan fingerprint density at radius 1 is 0.732 bits per heavy atom. The van der Waals surface area contributed by atoms with Crippen molar-refractivity contribution < 1.29 is 23.5 Å². The van der Waals surface area contributed by atoms with Crippen molar-refractivity contribution >= 4 is 30.9 Å². The number of benzene rings is 3. The van der Waals surface area contributed by atoms with Crippen molar-refractivity contribution in [1.29, 1.82) is 0 Å². The third kappa shape index (κ3) is 8.93. The molecule has 3 rings (SSSR count). The smallest absolute Gasteiger partial charge is 0.408 e. The van der Waals surface area contributed by atoms with E-state index >= 15 is 0 Å². The van der Waals surface area contributed by atoms with E-state index in [0.717, 1.165) is 15.9 Å². The molecule has 2 amide bonds. The molecular formula is C33H44N2O5Si. The molecule has 0 unspecified atom stereocenters. The molecule has 0 aliphatic heterocycles. The Balaban J connectivity index is 1.89. The lowest BCUT2D eigenvalue weighted by molar-refractivity contribution is 0.0468. The first kappa shape index (κ1) is 31.9. The standard InChI is InChI=1S/C33H44N2O5Si/c1-25(34-30(36)38-23-26-17-11-8-12-18-26)29(35-31(37)40-32(2,3)4)24-39-41(33(5,6)7,27-19-13-9-14-20-27)28-21-15-10-16-22-28/h8-22,25,29H,23-24H2,1-7H3,(H,34,36)(H,35,37)/t25-,29+/m1/s1. The maximum Gasteiger partial charge on any atom is 0.408 e. The molecule has 41 heavy (non-hydrogen) atoms. The van der Waals surface area contributed by atoms with Crippen LogP contribution in [0.5, 0.6) is 0 Å². The summed E-state index contributed by atoms with van der Waals surface area (Å²) in [6.07, 6.45) is -1.16. The normalized spacial score (nSPS) is 13.5. The molecule has 0 saturated carbocycles. The first-order chi connectivity index (χ1) is 19.3. The molecule has 0 heterocycles. The number of hydrogen-bond donors (Lipinski definition) is 2. The van der Waals surface area contributed by atoms with E-state index in [2.05, 4.69) is 55.7 Å². The molecule has 220 valence electrons. The Bertz CT molecular complexity index is 1200. The zero-order valence-electron chi connectivity index (χ0n) is 25.3. The number of amides is 2. The summed E-state index contributed by atoms with van der Waals surface area (Å²) in [5, 5.41) is 7.82. The molecule has 3 aromatic rings. The molecule has 0 aliphatic rings. The zero-order valence-corrected chi connectivity index (χ0v) is 26.3. The summed E-state index contributed by atoms with van der Waals surface area (Å²) in [6, 6.07) is 28.9. The minimum atomic E-state index is -2.89. The van der Waals surface area contributed by atoms with Gasteiger partial charge in [-0.05, 0) is 48.7 Å². The average Bonchev–Trinajstić information content (AvgIpc) is 2.91. The predicted octanol–water partition coefficient (Wildman–Crippen LogP) is 5.77. The second-order valence-corrected chi connectivity index (χ2v) is 16.5. The van der Waals surface area contributed by atoms with Crippen molar-refractivity contribution in [1.82, 2.24) is 10.6 Å². The van der Waals surface area contributed by atoms with Crippen LogP contribution in [0.2, 0.25) is 5.04 Å². The summed E-state index contributed by atoms with van der Waals surface area (Å²) in [4.78, 5) is 25.6. The summed E-state index contributed by atoms with van der Waals surface area (Å²) in [7, 11) is -2.89. The Morgan fingerprint density at radius 2 is 1.22 bits per heavy atom.